The summed E-state index contributed by atoms with van der Waals surface area (Å²) in [5, 5.41) is 2.95. The zero-order valence-electron chi connectivity index (χ0n) is 11.0. The largest absolute Gasteiger partial charge is 0.337 e. The molecule has 5 nitrogen and oxygen atoms in total. The molecule has 2 aromatic rings. The van der Waals surface area contributed by atoms with Crippen molar-refractivity contribution in [1.29, 1.82) is 0 Å². The van der Waals surface area contributed by atoms with Gasteiger partial charge in [0, 0.05) is 10.7 Å². The highest BCUT2D eigenvalue weighted by Crippen LogP contribution is 2.20. The maximum absolute atomic E-state index is 12.7. The number of hydrogen-bond donors (Lipinski definition) is 3. The molecule has 0 unspecified atom stereocenters. The van der Waals surface area contributed by atoms with Gasteiger partial charge >= 0.3 is 6.03 Å². The number of urea groups is 1. The average Bonchev–Trinajstić information content (AvgIpc) is 2.49. The Hall–Kier alpha value is -2.31. The van der Waals surface area contributed by atoms with Crippen LogP contribution in [0.3, 0.4) is 0 Å². The number of carbonyl (C=O) groups is 2. The molecule has 0 bridgehead atoms. The summed E-state index contributed by atoms with van der Waals surface area (Å²) in [7, 11) is 0. The van der Waals surface area contributed by atoms with E-state index in [-0.39, 0.29) is 10.6 Å². The molecule has 114 valence electrons. The zero-order chi connectivity index (χ0) is 16.1. The molecule has 0 saturated heterocycles. The Labute approximate surface area is 135 Å². The maximum Gasteiger partial charge on any atom is 0.337 e. The van der Waals surface area contributed by atoms with Crippen molar-refractivity contribution in [3.05, 3.63) is 63.9 Å². The molecule has 2 aromatic carbocycles. The lowest BCUT2D eigenvalue weighted by molar-refractivity contribution is 0.0938. The highest BCUT2D eigenvalue weighted by molar-refractivity contribution is 6.35. The lowest BCUT2D eigenvalue weighted by atomic mass is 10.2. The van der Waals surface area contributed by atoms with E-state index in [1.54, 1.807) is 0 Å². The van der Waals surface area contributed by atoms with Gasteiger partial charge < -0.3 is 5.32 Å². The topological polar surface area (TPSA) is 70.2 Å². The number of amides is 3. The zero-order valence-corrected chi connectivity index (χ0v) is 12.5. The molecular formula is C14H10Cl2FN3O2. The van der Waals surface area contributed by atoms with E-state index in [0.717, 1.165) is 0 Å². The third-order valence-corrected chi connectivity index (χ3v) is 3.13. The Balaban J connectivity index is 1.91. The van der Waals surface area contributed by atoms with Crippen molar-refractivity contribution in [3.8, 4) is 0 Å². The molecule has 3 amide bonds. The second-order valence-electron chi connectivity index (χ2n) is 4.16. The minimum Gasteiger partial charge on any atom is -0.307 e. The highest BCUT2D eigenvalue weighted by Gasteiger charge is 2.12. The van der Waals surface area contributed by atoms with Gasteiger partial charge in [0.1, 0.15) is 5.82 Å². The number of rotatable bonds is 2. The van der Waals surface area contributed by atoms with Gasteiger partial charge in [-0.2, -0.15) is 0 Å². The number of hydrazine groups is 1. The van der Waals surface area contributed by atoms with Crippen LogP contribution in [0.2, 0.25) is 10.0 Å². The number of halogens is 3. The minimum atomic E-state index is -0.696. The summed E-state index contributed by atoms with van der Waals surface area (Å²) in [6, 6.07) is 8.83. The Bertz CT molecular complexity index is 708. The fourth-order valence-electron chi connectivity index (χ4n) is 1.55. The van der Waals surface area contributed by atoms with Gasteiger partial charge in [-0.1, -0.05) is 23.2 Å². The van der Waals surface area contributed by atoms with E-state index < -0.39 is 17.8 Å². The van der Waals surface area contributed by atoms with Gasteiger partial charge in [-0.15, -0.1) is 0 Å². The van der Waals surface area contributed by atoms with Crippen LogP contribution >= 0.6 is 23.2 Å². The first-order valence-corrected chi connectivity index (χ1v) is 6.79. The van der Waals surface area contributed by atoms with Crippen LogP contribution in [0, 0.1) is 5.82 Å². The van der Waals surface area contributed by atoms with Gasteiger partial charge in [-0.25, -0.2) is 14.6 Å². The van der Waals surface area contributed by atoms with Gasteiger partial charge in [0.05, 0.1) is 10.6 Å². The van der Waals surface area contributed by atoms with Crippen molar-refractivity contribution >= 4 is 40.8 Å². The number of anilines is 1. The maximum atomic E-state index is 12.7. The van der Waals surface area contributed by atoms with Gasteiger partial charge in [0.15, 0.2) is 0 Å². The number of nitrogens with one attached hydrogen (secondary N) is 3. The molecule has 0 radical (unpaired) electrons. The molecule has 0 aliphatic carbocycles. The molecule has 0 heterocycles. The standard InChI is InChI=1S/C14H10Cl2FN3O2/c15-8-1-6-12(16)11(7-8)13(21)19-20-14(22)18-10-4-2-9(17)3-5-10/h1-7H,(H,19,21)(H2,18,20,22). The van der Waals surface area contributed by atoms with Crippen molar-refractivity contribution in [2.24, 2.45) is 0 Å². The van der Waals surface area contributed by atoms with Gasteiger partial charge in [-0.3, -0.25) is 10.2 Å². The molecule has 0 aliphatic heterocycles. The van der Waals surface area contributed by atoms with E-state index >= 15 is 0 Å². The first-order valence-electron chi connectivity index (χ1n) is 6.03. The summed E-state index contributed by atoms with van der Waals surface area (Å²) < 4.78 is 12.7. The van der Waals surface area contributed by atoms with Crippen molar-refractivity contribution in [1.82, 2.24) is 10.9 Å². The number of hydrogen-bond acceptors (Lipinski definition) is 2. The molecule has 22 heavy (non-hydrogen) atoms. The molecule has 0 saturated carbocycles. The van der Waals surface area contributed by atoms with Crippen LogP contribution in [0.4, 0.5) is 14.9 Å². The van der Waals surface area contributed by atoms with E-state index in [1.807, 2.05) is 0 Å². The fourth-order valence-corrected chi connectivity index (χ4v) is 1.92. The van der Waals surface area contributed by atoms with Crippen LogP contribution in [0.5, 0.6) is 0 Å². The molecular weight excluding hydrogens is 332 g/mol. The van der Waals surface area contributed by atoms with Gasteiger partial charge in [-0.05, 0) is 42.5 Å². The van der Waals surface area contributed by atoms with E-state index in [4.69, 9.17) is 23.2 Å². The van der Waals surface area contributed by atoms with Crippen LogP contribution in [-0.4, -0.2) is 11.9 Å². The van der Waals surface area contributed by atoms with Gasteiger partial charge in [0.25, 0.3) is 5.91 Å². The SMILES string of the molecule is O=C(NNC(=O)c1cc(Cl)ccc1Cl)Nc1ccc(F)cc1. The third-order valence-electron chi connectivity index (χ3n) is 2.56. The lowest BCUT2D eigenvalue weighted by Crippen LogP contribution is -2.44. The molecule has 3 N–H and O–H groups in total. The molecule has 0 fully saturated rings. The smallest absolute Gasteiger partial charge is 0.307 e. The Kier molecular flexibility index (Phi) is 5.19. The molecule has 0 atom stereocenters. The number of benzene rings is 2. The van der Waals surface area contributed by atoms with Crippen LogP contribution < -0.4 is 16.2 Å². The predicted molar refractivity (Wildman–Crippen MR) is 82.5 cm³/mol. The normalized spacial score (nSPS) is 9.95. The second-order valence-corrected chi connectivity index (χ2v) is 5.01. The lowest BCUT2D eigenvalue weighted by Gasteiger charge is -2.10. The monoisotopic (exact) mass is 341 g/mol. The highest BCUT2D eigenvalue weighted by atomic mass is 35.5. The molecule has 0 spiro atoms. The van der Waals surface area contributed by atoms with Gasteiger partial charge in [0.2, 0.25) is 0 Å². The van der Waals surface area contributed by atoms with E-state index in [9.17, 15) is 14.0 Å². The Morgan fingerprint density at radius 3 is 2.32 bits per heavy atom. The van der Waals surface area contributed by atoms with Crippen LogP contribution in [0.25, 0.3) is 0 Å². The first kappa shape index (κ1) is 16.1. The molecule has 2 rings (SSSR count). The minimum absolute atomic E-state index is 0.122. The Morgan fingerprint density at radius 2 is 1.64 bits per heavy atom. The second kappa shape index (κ2) is 7.11. The summed E-state index contributed by atoms with van der Waals surface area (Å²) in [5.74, 6) is -1.04. The summed E-state index contributed by atoms with van der Waals surface area (Å²) in [4.78, 5) is 23.5. The summed E-state index contributed by atoms with van der Waals surface area (Å²) in [6.07, 6.45) is 0. The molecule has 8 heteroatoms. The van der Waals surface area contributed by atoms with E-state index in [0.29, 0.717) is 10.7 Å². The summed E-state index contributed by atoms with van der Waals surface area (Å²) in [6.45, 7) is 0. The quantitative estimate of drug-likeness (QED) is 0.730. The first-order chi connectivity index (χ1) is 10.5. The van der Waals surface area contributed by atoms with Crippen LogP contribution in [-0.2, 0) is 0 Å². The number of carbonyl (C=O) groups excluding carboxylic acids is 2. The predicted octanol–water partition coefficient (Wildman–Crippen LogP) is 3.60. The third kappa shape index (κ3) is 4.34. The van der Waals surface area contributed by atoms with Crippen molar-refractivity contribution in [2.75, 3.05) is 5.32 Å². The molecule has 0 aromatic heterocycles. The van der Waals surface area contributed by atoms with Crippen molar-refractivity contribution in [3.63, 3.8) is 0 Å². The fraction of sp³-hybridized carbons (Fsp3) is 0. The van der Waals surface area contributed by atoms with Crippen molar-refractivity contribution in [2.45, 2.75) is 0 Å². The summed E-state index contributed by atoms with van der Waals surface area (Å²) >= 11 is 11.6. The van der Waals surface area contributed by atoms with E-state index in [1.165, 1.54) is 42.5 Å². The summed E-state index contributed by atoms with van der Waals surface area (Å²) in [5.41, 5.74) is 4.82. The Morgan fingerprint density at radius 1 is 0.955 bits per heavy atom. The van der Waals surface area contributed by atoms with Crippen LogP contribution in [0.15, 0.2) is 42.5 Å². The van der Waals surface area contributed by atoms with E-state index in [2.05, 4.69) is 16.2 Å². The van der Waals surface area contributed by atoms with Crippen molar-refractivity contribution < 1.29 is 14.0 Å². The van der Waals surface area contributed by atoms with Crippen LogP contribution in [0.1, 0.15) is 10.4 Å². The average molecular weight is 342 g/mol. The molecule has 0 aliphatic rings.